The molecule has 0 aliphatic carbocycles. The summed E-state index contributed by atoms with van der Waals surface area (Å²) in [6.07, 6.45) is 2.99. The second kappa shape index (κ2) is 15.1. The zero-order chi connectivity index (χ0) is 13.6. The van der Waals surface area contributed by atoms with Gasteiger partial charge in [-0.1, -0.05) is 19.7 Å². The van der Waals surface area contributed by atoms with Gasteiger partial charge in [-0.2, -0.15) is 0 Å². The van der Waals surface area contributed by atoms with Crippen molar-refractivity contribution in [1.82, 2.24) is 0 Å². The maximum absolute atomic E-state index is 9.75. The molecule has 0 fully saturated rings. The number of hydrogen-bond donors (Lipinski definition) is 2. The van der Waals surface area contributed by atoms with E-state index >= 15 is 0 Å². The average molecular weight is 229 g/mol. The summed E-state index contributed by atoms with van der Waals surface area (Å²) in [7, 11) is 0. The number of esters is 1. The summed E-state index contributed by atoms with van der Waals surface area (Å²) in [6.45, 7) is 10.5. The number of carbonyl (C=O) groups excluding carboxylic acids is 2. The lowest BCUT2D eigenvalue weighted by Gasteiger charge is -1.83. The molecule has 0 heterocycles. The highest BCUT2D eigenvalue weighted by molar-refractivity contribution is 5.84. The van der Waals surface area contributed by atoms with E-state index in [-0.39, 0.29) is 5.97 Å². The van der Waals surface area contributed by atoms with Gasteiger partial charge in [0.1, 0.15) is 0 Å². The van der Waals surface area contributed by atoms with Crippen LogP contribution in [0.15, 0.2) is 38.2 Å². The molecular formula is C10H15NO5. The molecule has 0 aromatic heterocycles. The van der Waals surface area contributed by atoms with Crippen LogP contribution in [0.2, 0.25) is 0 Å². The summed E-state index contributed by atoms with van der Waals surface area (Å²) < 4.78 is 4.17. The first-order valence-corrected chi connectivity index (χ1v) is 3.87. The first-order valence-electron chi connectivity index (χ1n) is 3.87. The molecule has 0 aliphatic rings. The number of ether oxygens (including phenoxy) is 1. The molecule has 0 aromatic carbocycles. The van der Waals surface area contributed by atoms with Gasteiger partial charge < -0.3 is 15.6 Å². The van der Waals surface area contributed by atoms with Crippen LogP contribution in [0.5, 0.6) is 0 Å². The number of amides is 1. The van der Waals surface area contributed by atoms with Crippen LogP contribution in [-0.2, 0) is 19.1 Å². The van der Waals surface area contributed by atoms with Crippen molar-refractivity contribution in [3.8, 4) is 0 Å². The molecule has 0 saturated carbocycles. The van der Waals surface area contributed by atoms with Crippen LogP contribution in [0, 0.1) is 0 Å². The van der Waals surface area contributed by atoms with Gasteiger partial charge >= 0.3 is 11.9 Å². The standard InChI is InChI=1S/C4H6O2.C3H5NO.C3H4O2/c1-3-6-4(2)5;2*1-2-3(4)5/h3H,1H2,2H3;2H,1H2,(H2,4,5);2H,1H2,(H,4,5). The van der Waals surface area contributed by atoms with Crippen molar-refractivity contribution in [2.24, 2.45) is 5.73 Å². The fraction of sp³-hybridized carbons (Fsp3) is 0.100. The summed E-state index contributed by atoms with van der Waals surface area (Å²) in [6, 6.07) is 0. The minimum Gasteiger partial charge on any atom is -0.478 e. The molecule has 0 aliphatic heterocycles. The molecule has 0 atom stereocenters. The van der Waals surface area contributed by atoms with Gasteiger partial charge in [0.2, 0.25) is 5.91 Å². The van der Waals surface area contributed by atoms with Gasteiger partial charge in [0, 0.05) is 13.0 Å². The quantitative estimate of drug-likeness (QED) is 0.419. The molecule has 3 N–H and O–H groups in total. The highest BCUT2D eigenvalue weighted by Gasteiger charge is 1.79. The summed E-state index contributed by atoms with van der Waals surface area (Å²) in [5.74, 6) is -1.79. The van der Waals surface area contributed by atoms with E-state index in [1.807, 2.05) is 0 Å². The Kier molecular flexibility index (Phi) is 18.2. The van der Waals surface area contributed by atoms with E-state index in [2.05, 4.69) is 30.2 Å². The third-order valence-corrected chi connectivity index (χ3v) is 0.625. The second-order valence-electron chi connectivity index (χ2n) is 1.92. The van der Waals surface area contributed by atoms with Gasteiger partial charge in [-0.15, -0.1) is 0 Å². The number of rotatable bonds is 3. The summed E-state index contributed by atoms with van der Waals surface area (Å²) in [4.78, 5) is 28.5. The Morgan fingerprint density at radius 2 is 1.50 bits per heavy atom. The van der Waals surface area contributed by atoms with Crippen LogP contribution < -0.4 is 5.73 Å². The number of hydrogen-bond acceptors (Lipinski definition) is 4. The van der Waals surface area contributed by atoms with Gasteiger partial charge in [-0.25, -0.2) is 4.79 Å². The maximum atomic E-state index is 9.75. The van der Waals surface area contributed by atoms with Crippen molar-refractivity contribution >= 4 is 17.8 Å². The number of aliphatic carboxylic acids is 1. The first kappa shape index (κ1) is 19.2. The fourth-order valence-corrected chi connectivity index (χ4v) is 0.117. The number of carboxylic acid groups (broad SMARTS) is 1. The van der Waals surface area contributed by atoms with Gasteiger partial charge in [-0.3, -0.25) is 9.59 Å². The largest absolute Gasteiger partial charge is 0.478 e. The lowest BCUT2D eigenvalue weighted by molar-refractivity contribution is -0.135. The molecule has 0 unspecified atom stereocenters. The van der Waals surface area contributed by atoms with Gasteiger partial charge in [0.05, 0.1) is 6.26 Å². The van der Waals surface area contributed by atoms with Crippen LogP contribution in [0.1, 0.15) is 6.92 Å². The Balaban J connectivity index is -0.000000160. The Morgan fingerprint density at radius 3 is 1.50 bits per heavy atom. The zero-order valence-electron chi connectivity index (χ0n) is 9.01. The number of nitrogens with two attached hydrogens (primary N) is 1. The van der Waals surface area contributed by atoms with Crippen LogP contribution in [0.3, 0.4) is 0 Å². The molecule has 90 valence electrons. The minimum absolute atomic E-state index is 0.329. The van der Waals surface area contributed by atoms with E-state index in [9.17, 15) is 14.4 Å². The Morgan fingerprint density at radius 1 is 1.19 bits per heavy atom. The highest BCUT2D eigenvalue weighted by atomic mass is 16.5. The van der Waals surface area contributed by atoms with E-state index < -0.39 is 11.9 Å². The number of carbonyl (C=O) groups is 3. The van der Waals surface area contributed by atoms with Crippen LogP contribution in [-0.4, -0.2) is 23.0 Å². The molecule has 0 radical (unpaired) electrons. The highest BCUT2D eigenvalue weighted by Crippen LogP contribution is 1.70. The summed E-state index contributed by atoms with van der Waals surface area (Å²) >= 11 is 0. The molecule has 1 amide bonds. The van der Waals surface area contributed by atoms with Gasteiger partial charge in [0.15, 0.2) is 0 Å². The Hall–Kier alpha value is -2.37. The molecule has 0 rings (SSSR count). The minimum atomic E-state index is -0.981. The first-order chi connectivity index (χ1) is 7.31. The normalized spacial score (nSPS) is 6.56. The van der Waals surface area contributed by atoms with E-state index in [0.717, 1.165) is 18.4 Å². The smallest absolute Gasteiger partial charge is 0.327 e. The molecule has 0 spiro atoms. The molecule has 6 nitrogen and oxygen atoms in total. The Bertz CT molecular complexity index is 252. The monoisotopic (exact) mass is 229 g/mol. The SMILES string of the molecule is C=CC(=O)O.C=CC(N)=O.C=COC(C)=O. The lowest BCUT2D eigenvalue weighted by Crippen LogP contribution is -2.04. The van der Waals surface area contributed by atoms with E-state index in [1.54, 1.807) is 0 Å². The predicted molar refractivity (Wildman–Crippen MR) is 59.2 cm³/mol. The average Bonchev–Trinajstić information content (AvgIpc) is 2.19. The molecule has 6 heteroatoms. The second-order valence-corrected chi connectivity index (χ2v) is 1.92. The van der Waals surface area contributed by atoms with Crippen molar-refractivity contribution in [1.29, 1.82) is 0 Å². The molecule has 0 aromatic rings. The third kappa shape index (κ3) is 61.3. The molecule has 16 heavy (non-hydrogen) atoms. The van der Waals surface area contributed by atoms with Gasteiger partial charge in [0.25, 0.3) is 0 Å². The zero-order valence-corrected chi connectivity index (χ0v) is 9.01. The van der Waals surface area contributed by atoms with Crippen LogP contribution in [0.25, 0.3) is 0 Å². The topological polar surface area (TPSA) is 107 Å². The van der Waals surface area contributed by atoms with Crippen LogP contribution >= 0.6 is 0 Å². The van der Waals surface area contributed by atoms with Crippen molar-refractivity contribution in [2.45, 2.75) is 6.92 Å². The molecular weight excluding hydrogens is 214 g/mol. The van der Waals surface area contributed by atoms with E-state index in [4.69, 9.17) is 5.11 Å². The van der Waals surface area contributed by atoms with E-state index in [0.29, 0.717) is 0 Å². The molecule has 0 saturated heterocycles. The number of carboxylic acids is 1. The molecule has 0 bridgehead atoms. The van der Waals surface area contributed by atoms with Crippen molar-refractivity contribution in [3.05, 3.63) is 38.2 Å². The van der Waals surface area contributed by atoms with E-state index in [1.165, 1.54) is 6.92 Å². The van der Waals surface area contributed by atoms with Gasteiger partial charge in [-0.05, 0) is 6.08 Å². The Labute approximate surface area is 93.7 Å². The third-order valence-electron chi connectivity index (χ3n) is 0.625. The van der Waals surface area contributed by atoms with Crippen molar-refractivity contribution in [3.63, 3.8) is 0 Å². The summed E-state index contributed by atoms with van der Waals surface area (Å²) in [5, 5.41) is 7.60. The van der Waals surface area contributed by atoms with Crippen LogP contribution in [0.4, 0.5) is 0 Å². The maximum Gasteiger partial charge on any atom is 0.327 e. The predicted octanol–water partition coefficient (Wildman–Crippen LogP) is 0.608. The number of primary amides is 1. The van der Waals surface area contributed by atoms with Crippen molar-refractivity contribution in [2.75, 3.05) is 0 Å². The lowest BCUT2D eigenvalue weighted by atomic mass is 10.6. The van der Waals surface area contributed by atoms with Crippen molar-refractivity contribution < 1.29 is 24.2 Å². The summed E-state index contributed by atoms with van der Waals surface area (Å²) in [5.41, 5.74) is 4.53. The fourth-order valence-electron chi connectivity index (χ4n) is 0.117.